The average Bonchev–Trinajstić information content (AvgIpc) is 2.00. The van der Waals surface area contributed by atoms with Crippen molar-refractivity contribution < 1.29 is 37.6 Å². The van der Waals surface area contributed by atoms with Crippen LogP contribution in [0.25, 0.3) is 0 Å². The first-order chi connectivity index (χ1) is 7.06. The molecule has 0 heterocycles. The zero-order chi connectivity index (χ0) is 13.3. The van der Waals surface area contributed by atoms with E-state index in [0.29, 0.717) is 0 Å². The third-order valence-electron chi connectivity index (χ3n) is 1.39. The van der Waals surface area contributed by atoms with Crippen LogP contribution in [-0.4, -0.2) is 19.2 Å². The van der Waals surface area contributed by atoms with E-state index in [2.05, 4.69) is 0 Å². The Bertz CT molecular complexity index is 339. The summed E-state index contributed by atoms with van der Waals surface area (Å²) in [5.41, 5.74) is 0. The van der Waals surface area contributed by atoms with E-state index >= 15 is 0 Å². The van der Waals surface area contributed by atoms with Gasteiger partial charge in [-0.05, 0) is 0 Å². The van der Waals surface area contributed by atoms with Crippen molar-refractivity contribution >= 4 is 89.6 Å². The number of rotatable bonds is 5. The molecule has 0 aliphatic rings. The molecule has 109 valence electrons. The minimum atomic E-state index is -6.72. The van der Waals surface area contributed by atoms with E-state index in [1.54, 1.807) is 0 Å². The Hall–Kier alpha value is 0.673. The Balaban J connectivity index is -0.00000112. The molecule has 0 aliphatic heterocycles. The number of halogens is 6. The van der Waals surface area contributed by atoms with Crippen LogP contribution in [0.1, 0.15) is 0 Å². The maximum absolute atomic E-state index is 11.2. The van der Waals surface area contributed by atoms with E-state index in [-0.39, 0.29) is 18.6 Å². The minimum absolute atomic E-state index is 0. The molecule has 0 radical (unpaired) electrons. The molecule has 0 saturated carbocycles. The van der Waals surface area contributed by atoms with Crippen LogP contribution in [0.15, 0.2) is 0 Å². The Morgan fingerprint density at radius 3 is 0.667 bits per heavy atom. The van der Waals surface area contributed by atoms with E-state index < -0.39 is 32.8 Å². The second-order valence-electron chi connectivity index (χ2n) is 1.96. The molecule has 0 rings (SSSR count). The first-order valence-corrected chi connectivity index (χ1v) is 9.08. The SMILES string of the molecule is Cl.N.O=[C](Cl)[Ru]([C](=O)Cl)([C](=O)Cl)([C](=O)Cl)[C](=O)Cl. The summed E-state index contributed by atoms with van der Waals surface area (Å²) in [4.78, 5) is 55.9. The van der Waals surface area contributed by atoms with Crippen LogP contribution < -0.4 is 6.15 Å². The van der Waals surface area contributed by atoms with E-state index in [1.807, 2.05) is 0 Å². The molecule has 0 bridgehead atoms. The van der Waals surface area contributed by atoms with Gasteiger partial charge in [0.05, 0.1) is 0 Å². The molecule has 0 aromatic heterocycles. The van der Waals surface area contributed by atoms with Gasteiger partial charge in [0.25, 0.3) is 0 Å². The molecule has 0 fully saturated rings. The van der Waals surface area contributed by atoms with Gasteiger partial charge in [-0.2, -0.15) is 0 Å². The van der Waals surface area contributed by atoms with Gasteiger partial charge in [0, 0.05) is 0 Å². The van der Waals surface area contributed by atoms with Crippen molar-refractivity contribution in [3.63, 3.8) is 0 Å². The number of hydrogen-bond acceptors (Lipinski definition) is 6. The van der Waals surface area contributed by atoms with Crippen LogP contribution in [0, 0.1) is 0 Å². The fraction of sp³-hybridized carbons (Fsp3) is 0. The normalized spacial score (nSPS) is 11.9. The zero-order valence-corrected chi connectivity index (χ0v) is 14.2. The van der Waals surface area contributed by atoms with Crippen LogP contribution in [-0.2, 0) is 13.6 Å². The summed E-state index contributed by atoms with van der Waals surface area (Å²) >= 11 is 18.1. The fourth-order valence-corrected chi connectivity index (χ4v) is 12.4. The molecule has 0 aromatic rings. The molecule has 0 aromatic carbocycles. The predicted molar refractivity (Wildman–Crippen MR) is 68.5 cm³/mol. The molecule has 6 nitrogen and oxygen atoms in total. The van der Waals surface area contributed by atoms with E-state index in [4.69, 9.17) is 58.0 Å². The standard InChI is InChI=1S/5CClO.ClH.H3N.Ru/c5*2-1-3;;;/h;;;;;1H;1H3;. The molecular weight excluding hydrogens is 468 g/mol. The van der Waals surface area contributed by atoms with Crippen LogP contribution in [0.5, 0.6) is 0 Å². The van der Waals surface area contributed by atoms with Crippen molar-refractivity contribution in [1.29, 1.82) is 0 Å². The summed E-state index contributed by atoms with van der Waals surface area (Å²) in [6.45, 7) is 0. The van der Waals surface area contributed by atoms with Crippen LogP contribution >= 0.6 is 70.4 Å². The summed E-state index contributed by atoms with van der Waals surface area (Å²) in [7, 11) is 0. The van der Waals surface area contributed by atoms with Crippen molar-refractivity contribution in [2.24, 2.45) is 0 Å². The molecule has 18 heavy (non-hydrogen) atoms. The maximum atomic E-state index is 11.2. The second kappa shape index (κ2) is 7.45. The third kappa shape index (κ3) is 2.48. The van der Waals surface area contributed by atoms with Gasteiger partial charge in [-0.1, -0.05) is 0 Å². The van der Waals surface area contributed by atoms with Crippen molar-refractivity contribution in [2.75, 3.05) is 0 Å². The Morgan fingerprint density at radius 1 is 0.556 bits per heavy atom. The average molecular weight is 472 g/mol. The van der Waals surface area contributed by atoms with E-state index in [0.717, 1.165) is 0 Å². The van der Waals surface area contributed by atoms with Crippen LogP contribution in [0.4, 0.5) is 24.0 Å². The number of carbonyl (C=O) groups is 5. The van der Waals surface area contributed by atoms with Gasteiger partial charge in [0.1, 0.15) is 0 Å². The summed E-state index contributed by atoms with van der Waals surface area (Å²) in [6.07, 6.45) is 0. The molecule has 0 aliphatic carbocycles. The number of hydrogen-bond donors (Lipinski definition) is 1. The zero-order valence-electron chi connectivity index (χ0n) is 7.90. The van der Waals surface area contributed by atoms with Gasteiger partial charge in [-0.25, -0.2) is 0 Å². The molecular formula is C5H4Cl6NO5Ru. The first kappa shape index (κ1) is 23.7. The third-order valence-corrected chi connectivity index (χ3v) is 16.1. The van der Waals surface area contributed by atoms with Crippen LogP contribution in [0.2, 0.25) is 0 Å². The molecule has 13 heteroatoms. The summed E-state index contributed by atoms with van der Waals surface area (Å²) in [5.74, 6) is 0. The molecule has 3 N–H and O–H groups in total. The monoisotopic (exact) mass is 470 g/mol. The number of carbonyl (C=O) groups excluding carboxylic acids is 5. The van der Waals surface area contributed by atoms with Gasteiger partial charge < -0.3 is 6.15 Å². The fourth-order valence-electron chi connectivity index (χ4n) is 0.546. The van der Waals surface area contributed by atoms with Crippen molar-refractivity contribution in [1.82, 2.24) is 6.15 Å². The molecule has 0 saturated heterocycles. The first-order valence-electron chi connectivity index (χ1n) is 2.85. The Labute approximate surface area is 132 Å². The summed E-state index contributed by atoms with van der Waals surface area (Å²) in [6, 6.07) is 0. The molecule has 0 spiro atoms. The summed E-state index contributed by atoms with van der Waals surface area (Å²) < 4.78 is -9.60. The van der Waals surface area contributed by atoms with E-state index in [1.165, 1.54) is 0 Å². The predicted octanol–water partition coefficient (Wildman–Crippen LogP) is 5.05. The quantitative estimate of drug-likeness (QED) is 0.442. The van der Waals surface area contributed by atoms with Crippen molar-refractivity contribution in [2.45, 2.75) is 0 Å². The van der Waals surface area contributed by atoms with Crippen molar-refractivity contribution in [3.8, 4) is 0 Å². The van der Waals surface area contributed by atoms with Gasteiger partial charge >= 0.3 is 115 Å². The second-order valence-corrected chi connectivity index (χ2v) is 14.5. The topological polar surface area (TPSA) is 120 Å². The Kier molecular flexibility index (Phi) is 9.83. The molecule has 0 unspecified atom stereocenters. The molecule has 0 atom stereocenters. The molecule has 0 amide bonds. The van der Waals surface area contributed by atoms with E-state index in [9.17, 15) is 24.0 Å². The van der Waals surface area contributed by atoms with Gasteiger partial charge in [-0.3, -0.25) is 0 Å². The van der Waals surface area contributed by atoms with Gasteiger partial charge in [0.15, 0.2) is 0 Å². The van der Waals surface area contributed by atoms with Crippen molar-refractivity contribution in [3.05, 3.63) is 0 Å². The van der Waals surface area contributed by atoms with Gasteiger partial charge in [0.2, 0.25) is 0 Å². The Morgan fingerprint density at radius 2 is 0.667 bits per heavy atom. The van der Waals surface area contributed by atoms with Gasteiger partial charge in [-0.15, -0.1) is 12.4 Å². The van der Waals surface area contributed by atoms with Crippen LogP contribution in [0.3, 0.4) is 0 Å². The summed E-state index contributed by atoms with van der Waals surface area (Å²) in [5, 5.41) is 0.